The maximum atomic E-state index is 3.59. The predicted octanol–water partition coefficient (Wildman–Crippen LogP) is 3.60. The second-order valence-corrected chi connectivity index (χ2v) is 5.57. The largest absolute Gasteiger partial charge is 0.314 e. The molecular weight excluding hydrogens is 206 g/mol. The number of aryl methyl sites for hydroxylation is 2. The zero-order chi connectivity index (χ0) is 12.4. The molecule has 0 bridgehead atoms. The average molecular weight is 231 g/mol. The van der Waals surface area contributed by atoms with Gasteiger partial charge in [-0.25, -0.2) is 0 Å². The van der Waals surface area contributed by atoms with Crippen LogP contribution in [0, 0.1) is 27.7 Å². The molecule has 17 heavy (non-hydrogen) atoms. The molecule has 94 valence electrons. The lowest BCUT2D eigenvalue weighted by molar-refractivity contribution is 0.643. The first-order valence-corrected chi connectivity index (χ1v) is 6.89. The van der Waals surface area contributed by atoms with E-state index in [1.165, 1.54) is 54.5 Å². The van der Waals surface area contributed by atoms with E-state index in [-0.39, 0.29) is 0 Å². The Kier molecular flexibility index (Phi) is 3.88. The SMILES string of the molecule is Cc1cc(C)c(C)c(CCCNC2CC2)c1C. The summed E-state index contributed by atoms with van der Waals surface area (Å²) in [5, 5.41) is 3.59. The Balaban J connectivity index is 1.97. The van der Waals surface area contributed by atoms with E-state index < -0.39 is 0 Å². The molecule has 1 fully saturated rings. The van der Waals surface area contributed by atoms with Gasteiger partial charge in [0, 0.05) is 6.04 Å². The van der Waals surface area contributed by atoms with Gasteiger partial charge in [0.25, 0.3) is 0 Å². The monoisotopic (exact) mass is 231 g/mol. The molecule has 1 heteroatoms. The number of hydrogen-bond acceptors (Lipinski definition) is 1. The van der Waals surface area contributed by atoms with Crippen molar-refractivity contribution >= 4 is 0 Å². The third-order valence-corrected chi connectivity index (χ3v) is 4.14. The van der Waals surface area contributed by atoms with Crippen LogP contribution in [0.2, 0.25) is 0 Å². The van der Waals surface area contributed by atoms with Gasteiger partial charge in [-0.1, -0.05) is 6.07 Å². The topological polar surface area (TPSA) is 12.0 Å². The zero-order valence-corrected chi connectivity index (χ0v) is 11.7. The third kappa shape index (κ3) is 3.10. The van der Waals surface area contributed by atoms with Crippen molar-refractivity contribution in [3.8, 4) is 0 Å². The van der Waals surface area contributed by atoms with E-state index >= 15 is 0 Å². The normalized spacial score (nSPS) is 15.3. The lowest BCUT2D eigenvalue weighted by Gasteiger charge is -2.15. The summed E-state index contributed by atoms with van der Waals surface area (Å²) in [6.07, 6.45) is 5.27. The van der Waals surface area contributed by atoms with Gasteiger partial charge in [-0.15, -0.1) is 0 Å². The maximum Gasteiger partial charge on any atom is 0.00682 e. The van der Waals surface area contributed by atoms with E-state index in [1.807, 2.05) is 0 Å². The molecule has 0 amide bonds. The second-order valence-electron chi connectivity index (χ2n) is 5.57. The van der Waals surface area contributed by atoms with E-state index in [1.54, 1.807) is 5.56 Å². The van der Waals surface area contributed by atoms with Crippen LogP contribution in [0.4, 0.5) is 0 Å². The van der Waals surface area contributed by atoms with E-state index in [2.05, 4.69) is 39.1 Å². The Labute approximate surface area is 106 Å². The molecule has 1 aliphatic carbocycles. The maximum absolute atomic E-state index is 3.59. The van der Waals surface area contributed by atoms with Gasteiger partial charge in [0.1, 0.15) is 0 Å². The highest BCUT2D eigenvalue weighted by molar-refractivity contribution is 5.44. The van der Waals surface area contributed by atoms with Crippen LogP contribution in [0.25, 0.3) is 0 Å². The second kappa shape index (κ2) is 5.22. The minimum absolute atomic E-state index is 0.844. The minimum atomic E-state index is 0.844. The molecule has 0 aromatic heterocycles. The summed E-state index contributed by atoms with van der Waals surface area (Å²) in [5.74, 6) is 0. The summed E-state index contributed by atoms with van der Waals surface area (Å²) in [6.45, 7) is 10.2. The molecule has 1 aromatic carbocycles. The van der Waals surface area contributed by atoms with Crippen molar-refractivity contribution in [2.45, 2.75) is 59.4 Å². The van der Waals surface area contributed by atoms with Crippen molar-refractivity contribution in [2.75, 3.05) is 6.54 Å². The summed E-state index contributed by atoms with van der Waals surface area (Å²) >= 11 is 0. The van der Waals surface area contributed by atoms with Gasteiger partial charge < -0.3 is 5.32 Å². The first-order valence-electron chi connectivity index (χ1n) is 6.89. The minimum Gasteiger partial charge on any atom is -0.314 e. The summed E-state index contributed by atoms with van der Waals surface area (Å²) in [5.41, 5.74) is 7.47. The Morgan fingerprint density at radius 2 is 1.65 bits per heavy atom. The molecule has 1 aromatic rings. The lowest BCUT2D eigenvalue weighted by atomic mass is 9.91. The molecule has 0 unspecified atom stereocenters. The predicted molar refractivity (Wildman–Crippen MR) is 74.7 cm³/mol. The average Bonchev–Trinajstić information content (AvgIpc) is 3.09. The van der Waals surface area contributed by atoms with Crippen LogP contribution >= 0.6 is 0 Å². The highest BCUT2D eigenvalue weighted by Gasteiger charge is 2.19. The first kappa shape index (κ1) is 12.6. The van der Waals surface area contributed by atoms with Crippen LogP contribution in [0.3, 0.4) is 0 Å². The molecule has 1 N–H and O–H groups in total. The molecular formula is C16H25N. The summed E-state index contributed by atoms with van der Waals surface area (Å²) in [4.78, 5) is 0. The zero-order valence-electron chi connectivity index (χ0n) is 11.7. The summed E-state index contributed by atoms with van der Waals surface area (Å²) in [7, 11) is 0. The standard InChI is InChI=1S/C16H25N/c1-11-10-12(2)14(4)16(13(11)3)6-5-9-17-15-7-8-15/h10,15,17H,5-9H2,1-4H3. The Bertz CT molecular complexity index is 376. The van der Waals surface area contributed by atoms with Crippen molar-refractivity contribution in [3.05, 3.63) is 33.9 Å². The molecule has 0 atom stereocenters. The molecule has 1 nitrogen and oxygen atoms in total. The fourth-order valence-corrected chi connectivity index (χ4v) is 2.53. The molecule has 2 rings (SSSR count). The highest BCUT2D eigenvalue weighted by atomic mass is 14.9. The third-order valence-electron chi connectivity index (χ3n) is 4.14. The van der Waals surface area contributed by atoms with Gasteiger partial charge in [0.2, 0.25) is 0 Å². The van der Waals surface area contributed by atoms with Crippen LogP contribution in [-0.4, -0.2) is 12.6 Å². The quantitative estimate of drug-likeness (QED) is 0.763. The van der Waals surface area contributed by atoms with Crippen molar-refractivity contribution in [3.63, 3.8) is 0 Å². The Morgan fingerprint density at radius 1 is 1.06 bits per heavy atom. The molecule has 1 aliphatic rings. The molecule has 1 saturated carbocycles. The molecule has 0 saturated heterocycles. The van der Waals surface area contributed by atoms with Gasteiger partial charge in [0.05, 0.1) is 0 Å². The number of benzene rings is 1. The van der Waals surface area contributed by atoms with Crippen LogP contribution < -0.4 is 5.32 Å². The highest BCUT2D eigenvalue weighted by Crippen LogP contribution is 2.23. The van der Waals surface area contributed by atoms with Crippen LogP contribution in [0.1, 0.15) is 47.1 Å². The Hall–Kier alpha value is -0.820. The van der Waals surface area contributed by atoms with Crippen molar-refractivity contribution in [1.82, 2.24) is 5.32 Å². The molecule has 0 spiro atoms. The summed E-state index contributed by atoms with van der Waals surface area (Å²) < 4.78 is 0. The van der Waals surface area contributed by atoms with E-state index in [4.69, 9.17) is 0 Å². The number of hydrogen-bond donors (Lipinski definition) is 1. The fraction of sp³-hybridized carbons (Fsp3) is 0.625. The van der Waals surface area contributed by atoms with Crippen LogP contribution in [0.15, 0.2) is 6.07 Å². The van der Waals surface area contributed by atoms with Crippen molar-refractivity contribution in [2.24, 2.45) is 0 Å². The number of nitrogens with one attached hydrogen (secondary N) is 1. The van der Waals surface area contributed by atoms with Gasteiger partial charge in [0.15, 0.2) is 0 Å². The molecule has 0 heterocycles. The lowest BCUT2D eigenvalue weighted by Crippen LogP contribution is -2.18. The van der Waals surface area contributed by atoms with Gasteiger partial charge >= 0.3 is 0 Å². The van der Waals surface area contributed by atoms with Gasteiger partial charge in [-0.05, 0) is 87.7 Å². The van der Waals surface area contributed by atoms with Gasteiger partial charge in [-0.3, -0.25) is 0 Å². The van der Waals surface area contributed by atoms with E-state index in [0.29, 0.717) is 0 Å². The fourth-order valence-electron chi connectivity index (χ4n) is 2.53. The summed E-state index contributed by atoms with van der Waals surface area (Å²) in [6, 6.07) is 3.16. The Morgan fingerprint density at radius 3 is 2.18 bits per heavy atom. The van der Waals surface area contributed by atoms with Gasteiger partial charge in [-0.2, -0.15) is 0 Å². The van der Waals surface area contributed by atoms with Crippen LogP contribution in [-0.2, 0) is 6.42 Å². The molecule has 0 aliphatic heterocycles. The first-order chi connectivity index (χ1) is 8.09. The smallest absolute Gasteiger partial charge is 0.00682 e. The van der Waals surface area contributed by atoms with E-state index in [9.17, 15) is 0 Å². The molecule has 0 radical (unpaired) electrons. The van der Waals surface area contributed by atoms with E-state index in [0.717, 1.165) is 6.04 Å². The van der Waals surface area contributed by atoms with Crippen LogP contribution in [0.5, 0.6) is 0 Å². The number of rotatable bonds is 5. The van der Waals surface area contributed by atoms with Crippen molar-refractivity contribution in [1.29, 1.82) is 0 Å². The van der Waals surface area contributed by atoms with Crippen molar-refractivity contribution < 1.29 is 0 Å².